The fourth-order valence-corrected chi connectivity index (χ4v) is 5.12. The van der Waals surface area contributed by atoms with Gasteiger partial charge in [0.2, 0.25) is 0 Å². The molecule has 24 heavy (non-hydrogen) atoms. The molecule has 1 aromatic heterocycles. The van der Waals surface area contributed by atoms with Gasteiger partial charge in [0.25, 0.3) is 0 Å². The number of hydrogen-bond donors (Lipinski definition) is 0. The summed E-state index contributed by atoms with van der Waals surface area (Å²) in [5, 5.41) is 1.45. The number of rotatable bonds is 1. The third kappa shape index (κ3) is 1.87. The molecule has 1 saturated heterocycles. The highest BCUT2D eigenvalue weighted by atomic mass is 35.5. The van der Waals surface area contributed by atoms with Gasteiger partial charge in [-0.3, -0.25) is 4.90 Å². The summed E-state index contributed by atoms with van der Waals surface area (Å²) in [4.78, 5) is 2.73. The average molecular weight is 339 g/mol. The Morgan fingerprint density at radius 2 is 1.67 bits per heavy atom. The lowest BCUT2D eigenvalue weighted by atomic mass is 9.79. The molecule has 3 aromatic rings. The number of para-hydroxylation sites is 1. The molecule has 2 aliphatic rings. The van der Waals surface area contributed by atoms with Crippen LogP contribution in [0, 0.1) is 0 Å². The van der Waals surface area contributed by atoms with Crippen molar-refractivity contribution in [3.63, 3.8) is 0 Å². The molecule has 0 aliphatic carbocycles. The summed E-state index contributed by atoms with van der Waals surface area (Å²) in [7, 11) is 2.26. The second-order valence-electron chi connectivity index (χ2n) is 6.97. The predicted octanol–water partition coefficient (Wildman–Crippen LogP) is 4.50. The van der Waals surface area contributed by atoms with Crippen molar-refractivity contribution in [1.29, 1.82) is 0 Å². The third-order valence-electron chi connectivity index (χ3n) is 5.99. The van der Waals surface area contributed by atoms with E-state index in [0.29, 0.717) is 0 Å². The quantitative estimate of drug-likeness (QED) is 0.634. The lowest BCUT2D eigenvalue weighted by molar-refractivity contribution is 0.156. The van der Waals surface area contributed by atoms with E-state index in [1.165, 1.54) is 54.5 Å². The lowest BCUT2D eigenvalue weighted by Gasteiger charge is -2.44. The van der Waals surface area contributed by atoms with Crippen molar-refractivity contribution in [2.45, 2.75) is 24.8 Å². The standard InChI is InChI=1S/C21H22N2.ClH/c1-22-19-11-6-5-10-17(19)18-12-15-23-14-7-13-21(23,20(18)22)16-8-3-2-4-9-16;/h2-6,8-11H,7,12-15H2,1H3;1H/t21-;/m0./s1. The number of hydrogen-bond acceptors (Lipinski definition) is 1. The summed E-state index contributed by atoms with van der Waals surface area (Å²) in [6, 6.07) is 20.1. The van der Waals surface area contributed by atoms with Gasteiger partial charge in [0.1, 0.15) is 0 Å². The second kappa shape index (κ2) is 5.65. The van der Waals surface area contributed by atoms with E-state index in [4.69, 9.17) is 0 Å². The zero-order valence-corrected chi connectivity index (χ0v) is 14.9. The van der Waals surface area contributed by atoms with Crippen molar-refractivity contribution >= 4 is 23.3 Å². The molecule has 0 bridgehead atoms. The van der Waals surface area contributed by atoms with Gasteiger partial charge in [-0.15, -0.1) is 12.4 Å². The third-order valence-corrected chi connectivity index (χ3v) is 5.99. The molecular formula is C21H23ClN2. The molecule has 2 aromatic carbocycles. The first-order valence-corrected chi connectivity index (χ1v) is 8.70. The first kappa shape index (κ1) is 15.7. The van der Waals surface area contributed by atoms with Crippen LogP contribution >= 0.6 is 12.4 Å². The number of benzene rings is 2. The minimum Gasteiger partial charge on any atom is -0.345 e. The predicted molar refractivity (Wildman–Crippen MR) is 102 cm³/mol. The van der Waals surface area contributed by atoms with Gasteiger partial charge in [0, 0.05) is 30.2 Å². The monoisotopic (exact) mass is 338 g/mol. The zero-order chi connectivity index (χ0) is 15.4. The highest BCUT2D eigenvalue weighted by Gasteiger charge is 2.49. The largest absolute Gasteiger partial charge is 0.345 e. The highest BCUT2D eigenvalue weighted by molar-refractivity contribution is 5.86. The number of aromatic nitrogens is 1. The van der Waals surface area contributed by atoms with Crippen LogP contribution in [-0.2, 0) is 19.0 Å². The molecule has 124 valence electrons. The molecule has 3 heterocycles. The van der Waals surface area contributed by atoms with Crippen LogP contribution in [0.25, 0.3) is 10.9 Å². The molecule has 1 atom stereocenters. The zero-order valence-electron chi connectivity index (χ0n) is 14.0. The van der Waals surface area contributed by atoms with Gasteiger partial charge < -0.3 is 4.57 Å². The van der Waals surface area contributed by atoms with Crippen molar-refractivity contribution in [1.82, 2.24) is 9.47 Å². The summed E-state index contributed by atoms with van der Waals surface area (Å²) in [5.41, 5.74) is 6.02. The minimum atomic E-state index is 0. The molecule has 0 N–H and O–H groups in total. The van der Waals surface area contributed by atoms with Crippen molar-refractivity contribution in [3.8, 4) is 0 Å². The Labute approximate surface area is 149 Å². The molecule has 0 saturated carbocycles. The van der Waals surface area contributed by atoms with Crippen LogP contribution in [0.2, 0.25) is 0 Å². The van der Waals surface area contributed by atoms with E-state index in [1.54, 1.807) is 5.56 Å². The molecule has 0 radical (unpaired) electrons. The number of halogens is 1. The Bertz CT molecular complexity index is 883. The van der Waals surface area contributed by atoms with Crippen LogP contribution in [0.1, 0.15) is 29.7 Å². The van der Waals surface area contributed by atoms with Gasteiger partial charge in [-0.2, -0.15) is 0 Å². The van der Waals surface area contributed by atoms with E-state index in [0.717, 1.165) is 0 Å². The number of aryl methyl sites for hydroxylation is 1. The topological polar surface area (TPSA) is 8.17 Å². The summed E-state index contributed by atoms with van der Waals surface area (Å²) in [6.45, 7) is 2.39. The molecule has 5 rings (SSSR count). The SMILES string of the molecule is Cl.Cn1c2c(c3ccccc31)CCN1CCC[C@]21c1ccccc1. The molecule has 1 fully saturated rings. The van der Waals surface area contributed by atoms with Crippen LogP contribution in [0.3, 0.4) is 0 Å². The molecule has 0 spiro atoms. The molecular weight excluding hydrogens is 316 g/mol. The maximum atomic E-state index is 2.73. The molecule has 2 aliphatic heterocycles. The molecule has 0 amide bonds. The van der Waals surface area contributed by atoms with Gasteiger partial charge >= 0.3 is 0 Å². The van der Waals surface area contributed by atoms with Gasteiger partial charge in [0.15, 0.2) is 0 Å². The average Bonchev–Trinajstić information content (AvgIpc) is 3.17. The smallest absolute Gasteiger partial charge is 0.0872 e. The fraction of sp³-hybridized carbons (Fsp3) is 0.333. The highest BCUT2D eigenvalue weighted by Crippen LogP contribution is 2.50. The summed E-state index contributed by atoms with van der Waals surface area (Å²) < 4.78 is 2.47. The number of fused-ring (bicyclic) bond motifs is 5. The van der Waals surface area contributed by atoms with Gasteiger partial charge in [0.05, 0.1) is 5.54 Å². The normalized spacial score (nSPS) is 22.9. The van der Waals surface area contributed by atoms with E-state index in [1.807, 2.05) is 0 Å². The summed E-state index contributed by atoms with van der Waals surface area (Å²) in [6.07, 6.45) is 3.69. The van der Waals surface area contributed by atoms with Crippen LogP contribution in [0.5, 0.6) is 0 Å². The van der Waals surface area contributed by atoms with Gasteiger partial charge in [-0.05, 0) is 43.0 Å². The summed E-state index contributed by atoms with van der Waals surface area (Å²) in [5.74, 6) is 0. The van der Waals surface area contributed by atoms with Gasteiger partial charge in [-0.25, -0.2) is 0 Å². The van der Waals surface area contributed by atoms with Crippen LogP contribution in [-0.4, -0.2) is 22.6 Å². The van der Waals surface area contributed by atoms with Crippen molar-refractivity contribution in [2.24, 2.45) is 7.05 Å². The van der Waals surface area contributed by atoms with Crippen LogP contribution in [0.15, 0.2) is 54.6 Å². The van der Waals surface area contributed by atoms with Crippen molar-refractivity contribution < 1.29 is 0 Å². The molecule has 3 heteroatoms. The Morgan fingerprint density at radius 1 is 0.917 bits per heavy atom. The minimum absolute atomic E-state index is 0. The van der Waals surface area contributed by atoms with Crippen LogP contribution < -0.4 is 0 Å². The van der Waals surface area contributed by atoms with E-state index in [2.05, 4.69) is 71.1 Å². The Hall–Kier alpha value is -1.77. The summed E-state index contributed by atoms with van der Waals surface area (Å²) >= 11 is 0. The van der Waals surface area contributed by atoms with Gasteiger partial charge in [-0.1, -0.05) is 48.5 Å². The Balaban J connectivity index is 0.00000146. The molecule has 2 nitrogen and oxygen atoms in total. The maximum Gasteiger partial charge on any atom is 0.0872 e. The Kier molecular flexibility index (Phi) is 3.70. The Morgan fingerprint density at radius 3 is 2.50 bits per heavy atom. The first-order valence-electron chi connectivity index (χ1n) is 8.70. The lowest BCUT2D eigenvalue weighted by Crippen LogP contribution is -2.48. The van der Waals surface area contributed by atoms with Crippen molar-refractivity contribution in [3.05, 3.63) is 71.4 Å². The van der Waals surface area contributed by atoms with Crippen molar-refractivity contribution in [2.75, 3.05) is 13.1 Å². The fourth-order valence-electron chi connectivity index (χ4n) is 5.12. The van der Waals surface area contributed by atoms with E-state index in [9.17, 15) is 0 Å². The van der Waals surface area contributed by atoms with E-state index >= 15 is 0 Å². The molecule has 0 unspecified atom stereocenters. The van der Waals surface area contributed by atoms with E-state index in [-0.39, 0.29) is 17.9 Å². The van der Waals surface area contributed by atoms with E-state index < -0.39 is 0 Å². The van der Waals surface area contributed by atoms with Crippen LogP contribution in [0.4, 0.5) is 0 Å². The second-order valence-corrected chi connectivity index (χ2v) is 6.97. The number of nitrogens with zero attached hydrogens (tertiary/aromatic N) is 2. The maximum absolute atomic E-state index is 2.73. The first-order chi connectivity index (χ1) is 11.3.